The Morgan fingerprint density at radius 3 is 2.71 bits per heavy atom. The number of rotatable bonds is 8. The van der Waals surface area contributed by atoms with Crippen molar-refractivity contribution in [2.75, 3.05) is 24.3 Å². The van der Waals surface area contributed by atoms with E-state index in [1.807, 2.05) is 6.92 Å². The zero-order valence-electron chi connectivity index (χ0n) is 12.7. The molecule has 118 valence electrons. The molecule has 7 heteroatoms. The van der Waals surface area contributed by atoms with Gasteiger partial charge in [0.2, 0.25) is 11.8 Å². The molecule has 0 radical (unpaired) electrons. The lowest BCUT2D eigenvalue weighted by atomic mass is 9.94. The highest BCUT2D eigenvalue weighted by Gasteiger charge is 2.32. The zero-order valence-corrected chi connectivity index (χ0v) is 13.4. The van der Waals surface area contributed by atoms with E-state index in [-0.39, 0.29) is 24.2 Å². The van der Waals surface area contributed by atoms with Gasteiger partial charge >= 0.3 is 0 Å². The molecule has 0 aliphatic heterocycles. The minimum absolute atomic E-state index is 0.0218. The fourth-order valence-electron chi connectivity index (χ4n) is 1.72. The highest BCUT2D eigenvalue weighted by molar-refractivity contribution is 6.19. The lowest BCUT2D eigenvalue weighted by Gasteiger charge is -2.30. The van der Waals surface area contributed by atoms with Crippen LogP contribution in [0.25, 0.3) is 0 Å². The first kappa shape index (κ1) is 17.5. The molecule has 0 saturated heterocycles. The van der Waals surface area contributed by atoms with E-state index in [9.17, 15) is 9.59 Å². The number of halogens is 1. The molecule has 1 N–H and O–H groups in total. The number of hydrogen-bond acceptors (Lipinski definition) is 4. The third-order valence-electron chi connectivity index (χ3n) is 3.02. The molecule has 1 rings (SSSR count). The minimum atomic E-state index is -0.691. The largest absolute Gasteiger partial charge is 0.363 e. The summed E-state index contributed by atoms with van der Waals surface area (Å²) in [6, 6.07) is 1.54. The van der Waals surface area contributed by atoms with E-state index in [2.05, 4.69) is 15.0 Å². The summed E-state index contributed by atoms with van der Waals surface area (Å²) < 4.78 is 4.64. The Kier molecular flexibility index (Phi) is 6.68. The summed E-state index contributed by atoms with van der Waals surface area (Å²) in [5, 5.41) is 6.19. The summed E-state index contributed by atoms with van der Waals surface area (Å²) in [4.78, 5) is 26.0. The molecule has 0 aliphatic rings. The Labute approximate surface area is 129 Å². The molecule has 2 amide bonds. The monoisotopic (exact) mass is 315 g/mol. The van der Waals surface area contributed by atoms with Gasteiger partial charge in [-0.05, 0) is 20.3 Å². The van der Waals surface area contributed by atoms with Crippen LogP contribution in [0.15, 0.2) is 16.9 Å². The quantitative estimate of drug-likeness (QED) is 0.748. The maximum atomic E-state index is 12.5. The van der Waals surface area contributed by atoms with Gasteiger partial charge in [0.15, 0.2) is 5.82 Å². The first-order chi connectivity index (χ1) is 9.90. The van der Waals surface area contributed by atoms with E-state index in [1.54, 1.807) is 24.8 Å². The number of anilines is 1. The molecule has 0 unspecified atom stereocenters. The van der Waals surface area contributed by atoms with Gasteiger partial charge in [-0.15, -0.1) is 11.6 Å². The van der Waals surface area contributed by atoms with E-state index < -0.39 is 5.41 Å². The number of nitrogens with one attached hydrogen (secondary N) is 1. The molecule has 0 bridgehead atoms. The summed E-state index contributed by atoms with van der Waals surface area (Å²) >= 11 is 5.85. The number of aromatic nitrogens is 1. The third kappa shape index (κ3) is 5.38. The van der Waals surface area contributed by atoms with Crippen molar-refractivity contribution in [3.05, 3.63) is 12.3 Å². The fourth-order valence-corrected chi connectivity index (χ4v) is 1.83. The van der Waals surface area contributed by atoms with Gasteiger partial charge in [-0.2, -0.15) is 0 Å². The molecule has 0 spiro atoms. The van der Waals surface area contributed by atoms with Crippen LogP contribution in [0.4, 0.5) is 5.82 Å². The fraction of sp³-hybridized carbons (Fsp3) is 0.643. The van der Waals surface area contributed by atoms with Gasteiger partial charge in [-0.25, -0.2) is 0 Å². The number of amides is 2. The summed E-state index contributed by atoms with van der Waals surface area (Å²) in [6.07, 6.45) is 3.14. The van der Waals surface area contributed by atoms with Crippen molar-refractivity contribution >= 4 is 29.2 Å². The molecular weight excluding hydrogens is 294 g/mol. The van der Waals surface area contributed by atoms with Crippen LogP contribution in [0.3, 0.4) is 0 Å². The van der Waals surface area contributed by atoms with Crippen molar-refractivity contribution in [3.63, 3.8) is 0 Å². The standard InChI is InChI=1S/C14H22ClN3O3/c1-4-5-7-18(13(20)14(2,3)10-15)9-12(19)16-11-6-8-21-17-11/h6,8H,4-5,7,9-10H2,1-3H3,(H,16,17,19). The number of carbonyl (C=O) groups is 2. The Morgan fingerprint density at radius 1 is 1.48 bits per heavy atom. The topological polar surface area (TPSA) is 75.4 Å². The van der Waals surface area contributed by atoms with Gasteiger partial charge in [0.05, 0.1) is 12.0 Å². The second-order valence-electron chi connectivity index (χ2n) is 5.53. The Bertz CT molecular complexity index is 460. The van der Waals surface area contributed by atoms with E-state index in [0.29, 0.717) is 12.4 Å². The van der Waals surface area contributed by atoms with Crippen LogP contribution in [0.1, 0.15) is 33.6 Å². The summed E-state index contributed by atoms with van der Waals surface area (Å²) in [5.74, 6) is 0.110. The van der Waals surface area contributed by atoms with Crippen molar-refractivity contribution in [3.8, 4) is 0 Å². The van der Waals surface area contributed by atoms with Gasteiger partial charge < -0.3 is 14.7 Å². The average molecular weight is 316 g/mol. The van der Waals surface area contributed by atoms with Crippen LogP contribution in [-0.2, 0) is 9.59 Å². The van der Waals surface area contributed by atoms with E-state index in [0.717, 1.165) is 12.8 Å². The number of carbonyl (C=O) groups excluding carboxylic acids is 2. The lowest BCUT2D eigenvalue weighted by molar-refractivity contribution is -0.141. The third-order valence-corrected chi connectivity index (χ3v) is 3.69. The molecule has 0 fully saturated rings. The number of unbranched alkanes of at least 4 members (excludes halogenated alkanes) is 1. The Balaban J connectivity index is 2.68. The molecule has 21 heavy (non-hydrogen) atoms. The Hall–Kier alpha value is -1.56. The zero-order chi connectivity index (χ0) is 15.9. The van der Waals surface area contributed by atoms with Crippen molar-refractivity contribution in [1.29, 1.82) is 0 Å². The SMILES string of the molecule is CCCCN(CC(=O)Nc1ccon1)C(=O)C(C)(C)CCl. The summed E-state index contributed by atoms with van der Waals surface area (Å²) in [5.41, 5.74) is -0.691. The molecule has 1 aromatic rings. The van der Waals surface area contributed by atoms with Crippen LogP contribution in [-0.4, -0.2) is 40.8 Å². The summed E-state index contributed by atoms with van der Waals surface area (Å²) in [6.45, 7) is 6.09. The van der Waals surface area contributed by atoms with Gasteiger partial charge in [-0.1, -0.05) is 18.5 Å². The van der Waals surface area contributed by atoms with Gasteiger partial charge in [0.1, 0.15) is 6.26 Å². The smallest absolute Gasteiger partial charge is 0.245 e. The molecule has 0 saturated carbocycles. The molecule has 0 aliphatic carbocycles. The highest BCUT2D eigenvalue weighted by atomic mass is 35.5. The van der Waals surface area contributed by atoms with Crippen molar-refractivity contribution in [2.24, 2.45) is 5.41 Å². The number of hydrogen-bond donors (Lipinski definition) is 1. The molecule has 6 nitrogen and oxygen atoms in total. The van der Waals surface area contributed by atoms with Crippen LogP contribution in [0.5, 0.6) is 0 Å². The maximum Gasteiger partial charge on any atom is 0.245 e. The van der Waals surface area contributed by atoms with Crippen molar-refractivity contribution in [1.82, 2.24) is 10.1 Å². The average Bonchev–Trinajstić information content (AvgIpc) is 2.95. The molecule has 0 aromatic carbocycles. The minimum Gasteiger partial charge on any atom is -0.363 e. The molecule has 1 heterocycles. The van der Waals surface area contributed by atoms with E-state index in [1.165, 1.54) is 6.26 Å². The first-order valence-corrected chi connectivity index (χ1v) is 7.49. The predicted octanol–water partition coefficient (Wildman–Crippen LogP) is 2.51. The van der Waals surface area contributed by atoms with E-state index in [4.69, 9.17) is 11.6 Å². The maximum absolute atomic E-state index is 12.5. The van der Waals surface area contributed by atoms with Crippen LogP contribution >= 0.6 is 11.6 Å². The lowest BCUT2D eigenvalue weighted by Crippen LogP contribution is -2.46. The van der Waals surface area contributed by atoms with Gasteiger partial charge in [-0.3, -0.25) is 9.59 Å². The summed E-state index contributed by atoms with van der Waals surface area (Å²) in [7, 11) is 0. The first-order valence-electron chi connectivity index (χ1n) is 6.96. The van der Waals surface area contributed by atoms with Crippen LogP contribution in [0.2, 0.25) is 0 Å². The number of nitrogens with zero attached hydrogens (tertiary/aromatic N) is 2. The van der Waals surface area contributed by atoms with Crippen molar-refractivity contribution < 1.29 is 14.1 Å². The van der Waals surface area contributed by atoms with Crippen LogP contribution in [0, 0.1) is 5.41 Å². The number of alkyl halides is 1. The van der Waals surface area contributed by atoms with Gasteiger partial charge in [0, 0.05) is 18.5 Å². The van der Waals surface area contributed by atoms with E-state index >= 15 is 0 Å². The predicted molar refractivity (Wildman–Crippen MR) is 81.1 cm³/mol. The molecule has 0 atom stereocenters. The van der Waals surface area contributed by atoms with Gasteiger partial charge in [0.25, 0.3) is 0 Å². The Morgan fingerprint density at radius 2 is 2.19 bits per heavy atom. The second-order valence-corrected chi connectivity index (χ2v) is 5.80. The van der Waals surface area contributed by atoms with Crippen molar-refractivity contribution in [2.45, 2.75) is 33.6 Å². The highest BCUT2D eigenvalue weighted by Crippen LogP contribution is 2.21. The second kappa shape index (κ2) is 8.02. The molecular formula is C14H22ClN3O3. The molecule has 1 aromatic heterocycles. The van der Waals surface area contributed by atoms with Crippen LogP contribution < -0.4 is 5.32 Å². The normalized spacial score (nSPS) is 11.2.